The molecule has 15 heavy (non-hydrogen) atoms. The Morgan fingerprint density at radius 1 is 1.60 bits per heavy atom. The molecule has 0 amide bonds. The van der Waals surface area contributed by atoms with Crippen LogP contribution in [0.5, 0.6) is 0 Å². The number of halogens is 1. The number of H-pyrrole nitrogens is 1. The normalized spacial score (nSPS) is 10.5. The lowest BCUT2D eigenvalue weighted by Gasteiger charge is -1.97. The molecule has 6 heteroatoms. The van der Waals surface area contributed by atoms with Crippen LogP contribution in [-0.4, -0.2) is 15.0 Å². The van der Waals surface area contributed by atoms with E-state index in [0.717, 1.165) is 10.7 Å². The first-order valence-electron chi connectivity index (χ1n) is 4.30. The molecule has 2 heterocycles. The second-order valence-electron chi connectivity index (χ2n) is 3.04. The molecule has 2 aromatic rings. The molecule has 0 atom stereocenters. The minimum absolute atomic E-state index is 0.160. The first-order chi connectivity index (χ1) is 7.15. The van der Waals surface area contributed by atoms with Crippen molar-refractivity contribution in [1.82, 2.24) is 15.0 Å². The average Bonchev–Trinajstić information content (AvgIpc) is 2.58. The number of hydrogen-bond donors (Lipinski definition) is 1. The largest absolute Gasteiger partial charge is 0.309 e. The first kappa shape index (κ1) is 10.5. The molecule has 0 aromatic carbocycles. The summed E-state index contributed by atoms with van der Waals surface area (Å²) in [4.78, 5) is 22.4. The van der Waals surface area contributed by atoms with Crippen molar-refractivity contribution in [3.8, 4) is 0 Å². The number of aromatic amines is 1. The molecule has 0 unspecified atom stereocenters. The van der Waals surface area contributed by atoms with Crippen molar-refractivity contribution in [3.63, 3.8) is 0 Å². The number of aromatic nitrogens is 3. The van der Waals surface area contributed by atoms with Crippen LogP contribution in [0.4, 0.5) is 0 Å². The van der Waals surface area contributed by atoms with Crippen molar-refractivity contribution < 1.29 is 0 Å². The molecule has 0 radical (unpaired) electrons. The Bertz CT molecular complexity index is 534. The molecule has 2 aromatic heterocycles. The fourth-order valence-electron chi connectivity index (χ4n) is 1.17. The van der Waals surface area contributed by atoms with Crippen LogP contribution in [0.25, 0.3) is 0 Å². The molecule has 0 aliphatic heterocycles. The molecule has 0 aliphatic carbocycles. The van der Waals surface area contributed by atoms with Gasteiger partial charge in [0.15, 0.2) is 0 Å². The number of aryl methyl sites for hydroxylation is 1. The van der Waals surface area contributed by atoms with E-state index in [2.05, 4.69) is 30.9 Å². The van der Waals surface area contributed by atoms with Gasteiger partial charge in [0.25, 0.3) is 5.56 Å². The van der Waals surface area contributed by atoms with Crippen LogP contribution < -0.4 is 5.56 Å². The van der Waals surface area contributed by atoms with Gasteiger partial charge in [-0.3, -0.25) is 4.79 Å². The van der Waals surface area contributed by atoms with E-state index in [1.165, 1.54) is 6.20 Å². The van der Waals surface area contributed by atoms with E-state index < -0.39 is 0 Å². The van der Waals surface area contributed by atoms with Gasteiger partial charge in [0.05, 0.1) is 10.7 Å². The molecular weight excluding hydrogens is 278 g/mol. The lowest BCUT2D eigenvalue weighted by atomic mass is 10.3. The topological polar surface area (TPSA) is 58.6 Å². The van der Waals surface area contributed by atoms with Crippen LogP contribution in [0, 0.1) is 6.92 Å². The third-order valence-electron chi connectivity index (χ3n) is 1.82. The molecule has 0 aliphatic rings. The predicted molar refractivity (Wildman–Crippen MR) is 62.2 cm³/mol. The van der Waals surface area contributed by atoms with Gasteiger partial charge in [-0.2, -0.15) is 0 Å². The van der Waals surface area contributed by atoms with Crippen molar-refractivity contribution in [1.29, 1.82) is 0 Å². The fourth-order valence-corrected chi connectivity index (χ4v) is 1.98. The summed E-state index contributed by atoms with van der Waals surface area (Å²) in [6, 6.07) is 0. The zero-order chi connectivity index (χ0) is 10.8. The number of rotatable bonds is 2. The Morgan fingerprint density at radius 2 is 2.40 bits per heavy atom. The molecule has 0 fully saturated rings. The lowest BCUT2D eigenvalue weighted by Crippen LogP contribution is -2.11. The van der Waals surface area contributed by atoms with E-state index in [1.54, 1.807) is 11.3 Å². The zero-order valence-electron chi connectivity index (χ0n) is 7.95. The summed E-state index contributed by atoms with van der Waals surface area (Å²) in [6.45, 7) is 1.95. The Kier molecular flexibility index (Phi) is 2.97. The van der Waals surface area contributed by atoms with Crippen LogP contribution in [0.1, 0.15) is 16.5 Å². The summed E-state index contributed by atoms with van der Waals surface area (Å²) in [5, 5.41) is 2.99. The van der Waals surface area contributed by atoms with Crippen LogP contribution in [0.15, 0.2) is 20.8 Å². The summed E-state index contributed by atoms with van der Waals surface area (Å²) >= 11 is 4.69. The van der Waals surface area contributed by atoms with Gasteiger partial charge in [-0.15, -0.1) is 11.3 Å². The second kappa shape index (κ2) is 4.24. The minimum Gasteiger partial charge on any atom is -0.309 e. The van der Waals surface area contributed by atoms with Crippen LogP contribution >= 0.6 is 27.3 Å². The smallest absolute Gasteiger partial charge is 0.265 e. The SMILES string of the molecule is Cc1nc(Cc2ncc(Br)c(=O)[nH]2)cs1. The summed E-state index contributed by atoms with van der Waals surface area (Å²) < 4.78 is 0.445. The van der Waals surface area contributed by atoms with Gasteiger partial charge in [-0.05, 0) is 22.9 Å². The third-order valence-corrected chi connectivity index (χ3v) is 3.21. The van der Waals surface area contributed by atoms with E-state index in [-0.39, 0.29) is 5.56 Å². The highest BCUT2D eigenvalue weighted by atomic mass is 79.9. The Morgan fingerprint density at radius 3 is 3.00 bits per heavy atom. The highest BCUT2D eigenvalue weighted by molar-refractivity contribution is 9.10. The standard InChI is InChI=1S/C9H8BrN3OS/c1-5-12-6(4-15-5)2-8-11-3-7(10)9(14)13-8/h3-4H,2H2,1H3,(H,11,13,14). The van der Waals surface area contributed by atoms with Gasteiger partial charge >= 0.3 is 0 Å². The fraction of sp³-hybridized carbons (Fsp3) is 0.222. The molecule has 0 saturated carbocycles. The monoisotopic (exact) mass is 285 g/mol. The van der Waals surface area contributed by atoms with E-state index in [9.17, 15) is 4.79 Å². The Hall–Kier alpha value is -1.01. The molecule has 78 valence electrons. The van der Waals surface area contributed by atoms with Crippen molar-refractivity contribution >= 4 is 27.3 Å². The van der Waals surface area contributed by atoms with Gasteiger partial charge in [0.2, 0.25) is 0 Å². The summed E-state index contributed by atoms with van der Waals surface area (Å²) in [5.41, 5.74) is 0.773. The number of thiazole rings is 1. The Balaban J connectivity index is 2.25. The lowest BCUT2D eigenvalue weighted by molar-refractivity contribution is 0.916. The molecule has 0 saturated heterocycles. The third kappa shape index (κ3) is 2.51. The van der Waals surface area contributed by atoms with E-state index >= 15 is 0 Å². The highest BCUT2D eigenvalue weighted by Gasteiger charge is 2.03. The number of nitrogens with one attached hydrogen (secondary N) is 1. The second-order valence-corrected chi connectivity index (χ2v) is 4.96. The highest BCUT2D eigenvalue weighted by Crippen LogP contribution is 2.10. The Labute approximate surface area is 98.5 Å². The van der Waals surface area contributed by atoms with E-state index in [4.69, 9.17) is 0 Å². The maximum atomic E-state index is 11.3. The van der Waals surface area contributed by atoms with Crippen molar-refractivity contribution in [2.75, 3.05) is 0 Å². The quantitative estimate of drug-likeness (QED) is 0.917. The van der Waals surface area contributed by atoms with Gasteiger partial charge in [-0.1, -0.05) is 0 Å². The number of hydrogen-bond acceptors (Lipinski definition) is 4. The van der Waals surface area contributed by atoms with Gasteiger partial charge in [-0.25, -0.2) is 9.97 Å². The molecule has 0 bridgehead atoms. The first-order valence-corrected chi connectivity index (χ1v) is 5.97. The summed E-state index contributed by atoms with van der Waals surface area (Å²) in [7, 11) is 0. The molecule has 4 nitrogen and oxygen atoms in total. The van der Waals surface area contributed by atoms with Crippen LogP contribution in [0.2, 0.25) is 0 Å². The summed E-state index contributed by atoms with van der Waals surface area (Å²) in [6.07, 6.45) is 2.07. The molecule has 2 rings (SSSR count). The van der Waals surface area contributed by atoms with Gasteiger partial charge in [0.1, 0.15) is 10.3 Å². The minimum atomic E-state index is -0.160. The number of nitrogens with zero attached hydrogens (tertiary/aromatic N) is 2. The van der Waals surface area contributed by atoms with Crippen LogP contribution in [0.3, 0.4) is 0 Å². The van der Waals surface area contributed by atoms with Gasteiger partial charge < -0.3 is 4.98 Å². The maximum absolute atomic E-state index is 11.3. The van der Waals surface area contributed by atoms with Crippen molar-refractivity contribution in [2.24, 2.45) is 0 Å². The summed E-state index contributed by atoms with van der Waals surface area (Å²) in [5.74, 6) is 0.633. The van der Waals surface area contributed by atoms with Gasteiger partial charge in [0, 0.05) is 18.0 Å². The molecular formula is C9H8BrN3OS. The van der Waals surface area contributed by atoms with E-state index in [1.807, 2.05) is 12.3 Å². The van der Waals surface area contributed by atoms with E-state index in [0.29, 0.717) is 16.7 Å². The zero-order valence-corrected chi connectivity index (χ0v) is 10.4. The van der Waals surface area contributed by atoms with Crippen LogP contribution in [-0.2, 0) is 6.42 Å². The molecule has 1 N–H and O–H groups in total. The molecule has 0 spiro atoms. The van der Waals surface area contributed by atoms with Crippen molar-refractivity contribution in [2.45, 2.75) is 13.3 Å². The maximum Gasteiger partial charge on any atom is 0.265 e. The predicted octanol–water partition coefficient (Wildman–Crippen LogP) is 1.89. The average molecular weight is 286 g/mol. The van der Waals surface area contributed by atoms with Crippen molar-refractivity contribution in [3.05, 3.63) is 42.9 Å².